The third-order valence-corrected chi connectivity index (χ3v) is 10.1. The highest BCUT2D eigenvalue weighted by molar-refractivity contribution is 5.91. The molecule has 64 heavy (non-hydrogen) atoms. The quantitative estimate of drug-likeness (QED) is 0.0865. The normalized spacial score (nSPS) is 11.6. The first-order chi connectivity index (χ1) is 30.2. The fraction of sp³-hybridized carbons (Fsp3) is 0.0833. The van der Waals surface area contributed by atoms with E-state index in [2.05, 4.69) is 9.97 Å². The summed E-state index contributed by atoms with van der Waals surface area (Å²) in [6, 6.07) is 29.0. The van der Waals surface area contributed by atoms with Crippen LogP contribution in [0.2, 0.25) is 0 Å². The van der Waals surface area contributed by atoms with Crippen molar-refractivity contribution in [3.63, 3.8) is 0 Å². The summed E-state index contributed by atoms with van der Waals surface area (Å²) >= 11 is 0. The molecule has 7 rings (SSSR count). The van der Waals surface area contributed by atoms with Gasteiger partial charge in [0, 0.05) is 22.3 Å². The molecule has 2 aromatic heterocycles. The SMILES string of the molecule is O=C(O)c1ccc(-c2cc(-c3cc(CC(F)(F)F)c(-c4cc(-c5ccc(C(=O)O)cc5)nc(-c5ccc(C(=O)O)cc5)c4)cc3CC(F)(F)F)cc(-c3ccc(C(=O)O)cc3)n2)cc1. The molecule has 0 aliphatic heterocycles. The minimum absolute atomic E-state index is 0.00648. The summed E-state index contributed by atoms with van der Waals surface area (Å²) in [5.41, 5.74) is 0.0112. The summed E-state index contributed by atoms with van der Waals surface area (Å²) in [5, 5.41) is 37.8. The van der Waals surface area contributed by atoms with E-state index in [1.54, 1.807) is 0 Å². The lowest BCUT2D eigenvalue weighted by atomic mass is 9.87. The second-order valence-corrected chi connectivity index (χ2v) is 14.5. The zero-order chi connectivity index (χ0) is 46.1. The van der Waals surface area contributed by atoms with Crippen molar-refractivity contribution in [2.24, 2.45) is 0 Å². The fourth-order valence-corrected chi connectivity index (χ4v) is 7.05. The van der Waals surface area contributed by atoms with E-state index in [1.165, 1.54) is 121 Å². The van der Waals surface area contributed by atoms with Gasteiger partial charge in [-0.05, 0) is 118 Å². The van der Waals surface area contributed by atoms with E-state index < -0.39 is 60.2 Å². The molecule has 2 heterocycles. The molecule has 0 aliphatic rings. The largest absolute Gasteiger partial charge is 0.478 e. The molecule has 16 heteroatoms. The molecule has 0 saturated heterocycles. The lowest BCUT2D eigenvalue weighted by molar-refractivity contribution is -0.128. The number of aromatic nitrogens is 2. The van der Waals surface area contributed by atoms with Crippen LogP contribution in [0.25, 0.3) is 67.3 Å². The van der Waals surface area contributed by atoms with Gasteiger partial charge in [-0.2, -0.15) is 26.3 Å². The summed E-state index contributed by atoms with van der Waals surface area (Å²) in [4.78, 5) is 55.6. The molecule has 0 radical (unpaired) electrons. The van der Waals surface area contributed by atoms with Crippen LogP contribution in [0, 0.1) is 0 Å². The number of carbonyl (C=O) groups is 4. The van der Waals surface area contributed by atoms with Crippen LogP contribution in [0.3, 0.4) is 0 Å². The molecule has 0 fully saturated rings. The predicted octanol–water partition coefficient (Wildman–Crippen LogP) is 11.5. The molecule has 0 amide bonds. The minimum atomic E-state index is -4.89. The van der Waals surface area contributed by atoms with E-state index in [9.17, 15) is 65.9 Å². The van der Waals surface area contributed by atoms with E-state index in [0.29, 0.717) is 22.3 Å². The first kappa shape index (κ1) is 43.9. The highest BCUT2D eigenvalue weighted by atomic mass is 19.4. The van der Waals surface area contributed by atoms with Crippen LogP contribution >= 0.6 is 0 Å². The van der Waals surface area contributed by atoms with Gasteiger partial charge >= 0.3 is 36.2 Å². The second kappa shape index (κ2) is 17.3. The molecular formula is C48H30F6N2O8. The first-order valence-corrected chi connectivity index (χ1v) is 18.9. The van der Waals surface area contributed by atoms with Crippen LogP contribution in [0.5, 0.6) is 0 Å². The molecule has 7 aromatic rings. The van der Waals surface area contributed by atoms with Gasteiger partial charge in [-0.15, -0.1) is 0 Å². The highest BCUT2D eigenvalue weighted by Gasteiger charge is 2.33. The van der Waals surface area contributed by atoms with Crippen LogP contribution < -0.4 is 0 Å². The Morgan fingerprint density at radius 3 is 0.766 bits per heavy atom. The number of aromatic carboxylic acids is 4. The number of hydrogen-bond acceptors (Lipinski definition) is 6. The summed E-state index contributed by atoms with van der Waals surface area (Å²) in [7, 11) is 0. The van der Waals surface area contributed by atoms with Gasteiger partial charge in [0.15, 0.2) is 0 Å². The number of carboxylic acids is 4. The second-order valence-electron chi connectivity index (χ2n) is 14.5. The number of benzene rings is 5. The molecule has 0 unspecified atom stereocenters. The van der Waals surface area contributed by atoms with Gasteiger partial charge in [-0.25, -0.2) is 29.1 Å². The monoisotopic (exact) mass is 876 g/mol. The number of nitrogens with zero attached hydrogens (tertiary/aromatic N) is 2. The van der Waals surface area contributed by atoms with Crippen molar-refractivity contribution >= 4 is 23.9 Å². The molecule has 0 bridgehead atoms. The number of hydrogen-bond donors (Lipinski definition) is 4. The van der Waals surface area contributed by atoms with Crippen molar-refractivity contribution in [1.29, 1.82) is 0 Å². The number of alkyl halides is 6. The van der Waals surface area contributed by atoms with Crippen molar-refractivity contribution in [2.45, 2.75) is 25.2 Å². The van der Waals surface area contributed by atoms with Crippen molar-refractivity contribution < 1.29 is 65.9 Å². The topological polar surface area (TPSA) is 175 Å². The lowest BCUT2D eigenvalue weighted by Crippen LogP contribution is -2.15. The van der Waals surface area contributed by atoms with Gasteiger partial charge in [0.25, 0.3) is 0 Å². The van der Waals surface area contributed by atoms with Gasteiger partial charge in [0.1, 0.15) is 0 Å². The van der Waals surface area contributed by atoms with Gasteiger partial charge in [0.2, 0.25) is 0 Å². The fourth-order valence-electron chi connectivity index (χ4n) is 7.05. The average molecular weight is 877 g/mol. The summed E-state index contributed by atoms with van der Waals surface area (Å²) in [6.07, 6.45) is -13.0. The Hall–Kier alpha value is -8.14. The Morgan fingerprint density at radius 2 is 0.578 bits per heavy atom. The van der Waals surface area contributed by atoms with Crippen LogP contribution in [-0.4, -0.2) is 66.6 Å². The molecule has 10 nitrogen and oxygen atoms in total. The molecule has 0 atom stereocenters. The van der Waals surface area contributed by atoms with Crippen molar-refractivity contribution in [3.05, 3.63) is 167 Å². The maximum Gasteiger partial charge on any atom is 0.393 e. The third-order valence-electron chi connectivity index (χ3n) is 10.1. The minimum Gasteiger partial charge on any atom is -0.478 e. The number of halogens is 6. The Balaban J connectivity index is 1.50. The predicted molar refractivity (Wildman–Crippen MR) is 222 cm³/mol. The van der Waals surface area contributed by atoms with Crippen LogP contribution in [0.15, 0.2) is 133 Å². The van der Waals surface area contributed by atoms with E-state index >= 15 is 0 Å². The van der Waals surface area contributed by atoms with Crippen molar-refractivity contribution in [3.8, 4) is 67.3 Å². The molecule has 5 aromatic carbocycles. The van der Waals surface area contributed by atoms with Gasteiger partial charge in [-0.3, -0.25) is 0 Å². The van der Waals surface area contributed by atoms with E-state index in [-0.39, 0.29) is 67.3 Å². The van der Waals surface area contributed by atoms with Crippen LogP contribution in [-0.2, 0) is 12.8 Å². The maximum atomic E-state index is 14.6. The molecular weight excluding hydrogens is 847 g/mol. The van der Waals surface area contributed by atoms with Gasteiger partial charge < -0.3 is 20.4 Å². The summed E-state index contributed by atoms with van der Waals surface area (Å²) in [5.74, 6) is -4.94. The Labute approximate surface area is 358 Å². The molecule has 0 saturated carbocycles. The zero-order valence-corrected chi connectivity index (χ0v) is 32.7. The van der Waals surface area contributed by atoms with Crippen LogP contribution in [0.4, 0.5) is 26.3 Å². The zero-order valence-electron chi connectivity index (χ0n) is 32.7. The van der Waals surface area contributed by atoms with Gasteiger partial charge in [0.05, 0.1) is 57.9 Å². The number of pyridine rings is 2. The number of rotatable bonds is 12. The van der Waals surface area contributed by atoms with Crippen molar-refractivity contribution in [2.75, 3.05) is 0 Å². The van der Waals surface area contributed by atoms with E-state index in [4.69, 9.17) is 0 Å². The number of carboxylic acid groups (broad SMARTS) is 4. The Bertz CT molecular complexity index is 2600. The first-order valence-electron chi connectivity index (χ1n) is 18.9. The van der Waals surface area contributed by atoms with E-state index in [0.717, 1.165) is 12.1 Å². The molecule has 322 valence electrons. The molecule has 0 spiro atoms. The lowest BCUT2D eigenvalue weighted by Gasteiger charge is -2.21. The smallest absolute Gasteiger partial charge is 0.393 e. The maximum absolute atomic E-state index is 14.6. The third kappa shape index (κ3) is 10.1. The van der Waals surface area contributed by atoms with Crippen molar-refractivity contribution in [1.82, 2.24) is 9.97 Å². The Kier molecular flexibility index (Phi) is 11.9. The van der Waals surface area contributed by atoms with Crippen LogP contribution in [0.1, 0.15) is 52.6 Å². The van der Waals surface area contributed by atoms with Gasteiger partial charge in [-0.1, -0.05) is 48.5 Å². The standard InChI is InChI=1S/C48H30F6N2O8/c49-47(50,51)23-35-18-38(34-21-41(27-5-13-31(14-6-27)45(61)62)56-42(22-34)28-7-15-32(16-8-28)46(63)64)36(24-48(52,53)54)17-37(35)33-19-39(25-1-9-29(10-2-25)43(57)58)55-40(20-33)26-3-11-30(12-4-26)44(59)60/h1-22H,23-24H2,(H,57,58)(H,59,60)(H,61,62)(H,63,64). The molecule has 4 N–H and O–H groups in total. The molecule has 0 aliphatic carbocycles. The summed E-state index contributed by atoms with van der Waals surface area (Å²) < 4.78 is 87.6. The Morgan fingerprint density at radius 1 is 0.359 bits per heavy atom. The average Bonchev–Trinajstić information content (AvgIpc) is 3.25. The summed E-state index contributed by atoms with van der Waals surface area (Å²) in [6.45, 7) is 0. The highest BCUT2D eigenvalue weighted by Crippen LogP contribution is 2.41. The van der Waals surface area contributed by atoms with E-state index in [1.807, 2.05) is 0 Å².